The van der Waals surface area contributed by atoms with Crippen LogP contribution in [0.1, 0.15) is 86.8 Å². The van der Waals surface area contributed by atoms with E-state index in [1.54, 1.807) is 4.88 Å². The van der Waals surface area contributed by atoms with E-state index in [9.17, 15) is 0 Å². The second-order valence-corrected chi connectivity index (χ2v) is 8.37. The highest BCUT2D eigenvalue weighted by Crippen LogP contribution is 2.45. The van der Waals surface area contributed by atoms with Crippen molar-refractivity contribution in [1.82, 2.24) is 10.3 Å². The number of aromatic nitrogens is 1. The monoisotopic (exact) mass is 292 g/mol. The minimum Gasteiger partial charge on any atom is -0.309 e. The predicted octanol–water partition coefficient (Wildman–Crippen LogP) is 4.81. The van der Waals surface area contributed by atoms with Crippen LogP contribution in [0.2, 0.25) is 0 Å². The maximum absolute atomic E-state index is 5.03. The number of rotatable bonds is 3. The minimum absolute atomic E-state index is 0.555. The quantitative estimate of drug-likeness (QED) is 0.864. The third-order valence-corrected chi connectivity index (χ3v) is 6.48. The van der Waals surface area contributed by atoms with Crippen molar-refractivity contribution < 1.29 is 0 Å². The molecule has 0 spiro atoms. The van der Waals surface area contributed by atoms with E-state index in [1.807, 2.05) is 11.3 Å². The summed E-state index contributed by atoms with van der Waals surface area (Å²) >= 11 is 2.02. The maximum atomic E-state index is 5.03. The van der Waals surface area contributed by atoms with Crippen LogP contribution >= 0.6 is 11.3 Å². The van der Waals surface area contributed by atoms with Gasteiger partial charge in [-0.3, -0.25) is 0 Å². The molecule has 2 aliphatic rings. The Balaban J connectivity index is 1.76. The molecule has 0 amide bonds. The summed E-state index contributed by atoms with van der Waals surface area (Å²) in [5, 5.41) is 5.08. The highest BCUT2D eigenvalue weighted by Gasteiger charge is 2.31. The Morgan fingerprint density at radius 1 is 1.25 bits per heavy atom. The van der Waals surface area contributed by atoms with Crippen molar-refractivity contribution in [3.63, 3.8) is 0 Å². The van der Waals surface area contributed by atoms with Crippen LogP contribution in [0.3, 0.4) is 0 Å². The van der Waals surface area contributed by atoms with Crippen LogP contribution in [0, 0.1) is 5.41 Å². The standard InChI is InChI=1S/C17H28N2S/c1-4-18-13-6-5-7-14-15(13)20-16(19-14)12-8-10-17(2,3)11-9-12/h12-13,18H,4-11H2,1-3H3. The first-order chi connectivity index (χ1) is 9.59. The van der Waals surface area contributed by atoms with E-state index in [-0.39, 0.29) is 0 Å². The van der Waals surface area contributed by atoms with Crippen molar-refractivity contribution in [1.29, 1.82) is 0 Å². The Labute approximate surface area is 127 Å². The Morgan fingerprint density at radius 3 is 2.70 bits per heavy atom. The Hall–Kier alpha value is -0.410. The lowest BCUT2D eigenvalue weighted by molar-refractivity contribution is 0.224. The zero-order valence-electron chi connectivity index (χ0n) is 13.2. The molecule has 2 aliphatic carbocycles. The lowest BCUT2D eigenvalue weighted by Gasteiger charge is -2.33. The predicted molar refractivity (Wildman–Crippen MR) is 86.5 cm³/mol. The summed E-state index contributed by atoms with van der Waals surface area (Å²) < 4.78 is 0. The van der Waals surface area contributed by atoms with Gasteiger partial charge in [0.05, 0.1) is 10.7 Å². The van der Waals surface area contributed by atoms with E-state index in [2.05, 4.69) is 26.1 Å². The lowest BCUT2D eigenvalue weighted by atomic mass is 9.73. The molecule has 1 aromatic rings. The van der Waals surface area contributed by atoms with Crippen LogP contribution < -0.4 is 5.32 Å². The molecule has 1 N–H and O–H groups in total. The highest BCUT2D eigenvalue weighted by atomic mass is 32.1. The summed E-state index contributed by atoms with van der Waals surface area (Å²) in [5.41, 5.74) is 1.96. The molecule has 1 atom stereocenters. The molecule has 1 aromatic heterocycles. The first-order valence-electron chi connectivity index (χ1n) is 8.32. The van der Waals surface area contributed by atoms with Gasteiger partial charge in [0.15, 0.2) is 0 Å². The summed E-state index contributed by atoms with van der Waals surface area (Å²) in [6.45, 7) is 8.10. The topological polar surface area (TPSA) is 24.9 Å². The Kier molecular flexibility index (Phi) is 4.19. The van der Waals surface area contributed by atoms with Gasteiger partial charge in [0.2, 0.25) is 0 Å². The highest BCUT2D eigenvalue weighted by molar-refractivity contribution is 7.12. The SMILES string of the molecule is CCNC1CCCc2nc(C3CCC(C)(C)CC3)sc21. The first-order valence-corrected chi connectivity index (χ1v) is 9.13. The molecule has 0 bridgehead atoms. The Bertz CT molecular complexity index is 454. The van der Waals surface area contributed by atoms with Gasteiger partial charge in [-0.25, -0.2) is 4.98 Å². The fourth-order valence-electron chi connectivity index (χ4n) is 3.70. The normalized spacial score (nSPS) is 26.4. The number of nitrogens with zero attached hydrogens (tertiary/aromatic N) is 1. The zero-order chi connectivity index (χ0) is 14.2. The first kappa shape index (κ1) is 14.5. The van der Waals surface area contributed by atoms with Crippen molar-refractivity contribution in [2.45, 2.75) is 77.7 Å². The third kappa shape index (κ3) is 2.94. The number of hydrogen-bond donors (Lipinski definition) is 1. The Morgan fingerprint density at radius 2 is 2.00 bits per heavy atom. The number of aryl methyl sites for hydroxylation is 1. The number of thiazole rings is 1. The third-order valence-electron chi connectivity index (χ3n) is 5.11. The number of fused-ring (bicyclic) bond motifs is 1. The van der Waals surface area contributed by atoms with Crippen LogP contribution in [0.5, 0.6) is 0 Å². The molecule has 112 valence electrons. The zero-order valence-corrected chi connectivity index (χ0v) is 14.0. The van der Waals surface area contributed by atoms with Crippen molar-refractivity contribution in [2.24, 2.45) is 5.41 Å². The largest absolute Gasteiger partial charge is 0.309 e. The van der Waals surface area contributed by atoms with E-state index in [1.165, 1.54) is 55.6 Å². The van der Waals surface area contributed by atoms with E-state index < -0.39 is 0 Å². The molecular weight excluding hydrogens is 264 g/mol. The van der Waals surface area contributed by atoms with Gasteiger partial charge < -0.3 is 5.32 Å². The van der Waals surface area contributed by atoms with Gasteiger partial charge in [-0.05, 0) is 56.9 Å². The molecule has 2 nitrogen and oxygen atoms in total. The van der Waals surface area contributed by atoms with Gasteiger partial charge in [0, 0.05) is 16.8 Å². The molecule has 0 aliphatic heterocycles. The molecule has 0 aromatic carbocycles. The maximum Gasteiger partial charge on any atom is 0.0962 e. The summed E-state index contributed by atoms with van der Waals surface area (Å²) in [4.78, 5) is 6.59. The molecule has 3 rings (SSSR count). The molecular formula is C17H28N2S. The van der Waals surface area contributed by atoms with Gasteiger partial charge in [0.25, 0.3) is 0 Å². The van der Waals surface area contributed by atoms with Crippen molar-refractivity contribution >= 4 is 11.3 Å². The number of nitrogens with one attached hydrogen (secondary N) is 1. The fraction of sp³-hybridized carbons (Fsp3) is 0.824. The molecule has 1 fully saturated rings. The molecule has 0 radical (unpaired) electrons. The van der Waals surface area contributed by atoms with Crippen LogP contribution in [0.4, 0.5) is 0 Å². The molecule has 3 heteroatoms. The van der Waals surface area contributed by atoms with E-state index in [0.717, 1.165) is 12.5 Å². The van der Waals surface area contributed by atoms with Crippen LogP contribution in [0.15, 0.2) is 0 Å². The average molecular weight is 292 g/mol. The van der Waals surface area contributed by atoms with E-state index in [0.29, 0.717) is 11.5 Å². The second-order valence-electron chi connectivity index (χ2n) is 7.30. The molecule has 1 heterocycles. The van der Waals surface area contributed by atoms with E-state index in [4.69, 9.17) is 4.98 Å². The average Bonchev–Trinajstić information content (AvgIpc) is 2.84. The molecule has 20 heavy (non-hydrogen) atoms. The minimum atomic E-state index is 0.555. The van der Waals surface area contributed by atoms with Crippen LogP contribution in [-0.2, 0) is 6.42 Å². The number of hydrogen-bond acceptors (Lipinski definition) is 3. The van der Waals surface area contributed by atoms with Crippen molar-refractivity contribution in [3.05, 3.63) is 15.6 Å². The van der Waals surface area contributed by atoms with E-state index >= 15 is 0 Å². The van der Waals surface area contributed by atoms with Crippen molar-refractivity contribution in [2.75, 3.05) is 6.54 Å². The smallest absolute Gasteiger partial charge is 0.0962 e. The van der Waals surface area contributed by atoms with Crippen molar-refractivity contribution in [3.8, 4) is 0 Å². The molecule has 1 unspecified atom stereocenters. The van der Waals surface area contributed by atoms with Gasteiger partial charge in [-0.1, -0.05) is 20.8 Å². The fourth-order valence-corrected chi connectivity index (χ4v) is 5.09. The van der Waals surface area contributed by atoms with Crippen LogP contribution in [0.25, 0.3) is 0 Å². The molecule has 1 saturated carbocycles. The van der Waals surface area contributed by atoms with Gasteiger partial charge >= 0.3 is 0 Å². The lowest BCUT2D eigenvalue weighted by Crippen LogP contribution is -2.23. The summed E-state index contributed by atoms with van der Waals surface area (Å²) in [7, 11) is 0. The van der Waals surface area contributed by atoms with Gasteiger partial charge in [-0.15, -0.1) is 11.3 Å². The van der Waals surface area contributed by atoms with Crippen LogP contribution in [-0.4, -0.2) is 11.5 Å². The summed E-state index contributed by atoms with van der Waals surface area (Å²) in [6, 6.07) is 0.579. The molecule has 0 saturated heterocycles. The summed E-state index contributed by atoms with van der Waals surface area (Å²) in [5.74, 6) is 0.737. The van der Waals surface area contributed by atoms with Gasteiger partial charge in [-0.2, -0.15) is 0 Å². The second kappa shape index (κ2) is 5.76. The summed E-state index contributed by atoms with van der Waals surface area (Å²) in [6.07, 6.45) is 9.19. The van der Waals surface area contributed by atoms with Gasteiger partial charge in [0.1, 0.15) is 0 Å².